The van der Waals surface area contributed by atoms with Crippen LogP contribution in [-0.4, -0.2) is 58.9 Å². The molecule has 1 fully saturated rings. The van der Waals surface area contributed by atoms with Gasteiger partial charge in [0.05, 0.1) is 35.6 Å². The van der Waals surface area contributed by atoms with E-state index in [1.54, 1.807) is 6.92 Å². The maximum Gasteiger partial charge on any atom is 0.295 e. The lowest BCUT2D eigenvalue weighted by Gasteiger charge is -2.30. The lowest BCUT2D eigenvalue weighted by atomic mass is 9.88. The minimum absolute atomic E-state index is 0.130. The number of nitrogens with two attached hydrogens (primary N) is 1. The van der Waals surface area contributed by atoms with Gasteiger partial charge in [0, 0.05) is 25.4 Å². The normalized spacial score (nSPS) is 14.0. The molecule has 0 saturated carbocycles. The number of carbonyl (C=O) groups excluding carboxylic acids is 2. The number of nitrogens with zero attached hydrogens (tertiary/aromatic N) is 4. The molecular weight excluding hydrogens is 542 g/mol. The van der Waals surface area contributed by atoms with Crippen molar-refractivity contribution in [1.82, 2.24) is 14.9 Å². The molecule has 214 valence electrons. The van der Waals surface area contributed by atoms with E-state index in [0.717, 1.165) is 22.8 Å². The first-order valence-corrected chi connectivity index (χ1v) is 13.2. The van der Waals surface area contributed by atoms with Crippen molar-refractivity contribution in [2.75, 3.05) is 20.2 Å². The molecule has 0 radical (unpaired) electrons. The average Bonchev–Trinajstić information content (AvgIpc) is 3.43. The summed E-state index contributed by atoms with van der Waals surface area (Å²) >= 11 is 0. The van der Waals surface area contributed by atoms with Crippen molar-refractivity contribution in [1.29, 1.82) is 0 Å². The van der Waals surface area contributed by atoms with Gasteiger partial charge in [0.1, 0.15) is 23.7 Å². The zero-order valence-electron chi connectivity index (χ0n) is 23.0. The summed E-state index contributed by atoms with van der Waals surface area (Å²) in [7, 11) is 1.44. The van der Waals surface area contributed by atoms with Crippen molar-refractivity contribution in [3.05, 3.63) is 94.8 Å². The van der Waals surface area contributed by atoms with Gasteiger partial charge >= 0.3 is 0 Å². The minimum Gasteiger partial charge on any atom is -0.494 e. The molecule has 0 bridgehead atoms. The molecule has 2 aromatic carbocycles. The molecule has 4 aromatic rings. The summed E-state index contributed by atoms with van der Waals surface area (Å²) in [6.45, 7) is 2.14. The van der Waals surface area contributed by atoms with Crippen molar-refractivity contribution in [3.63, 3.8) is 0 Å². The number of aromatic nitrogens is 2. The number of carbonyl (C=O) groups is 2. The number of piperidine rings is 1. The number of amidine groups is 1. The molecule has 0 unspecified atom stereocenters. The van der Waals surface area contributed by atoms with Crippen LogP contribution in [-0.2, 0) is 4.79 Å². The lowest BCUT2D eigenvalue weighted by molar-refractivity contribution is -0.126. The number of halogens is 2. The molecule has 0 atom stereocenters. The number of Topliss-reactive ketones (excluding diaryl/α,β-unsaturated/α-hetero) is 1. The summed E-state index contributed by atoms with van der Waals surface area (Å²) < 4.78 is 33.7. The summed E-state index contributed by atoms with van der Waals surface area (Å²) in [6.07, 6.45) is 4.97. The Bertz CT molecular complexity index is 1730. The number of hydrogen-bond donors (Lipinski definition) is 2. The number of rotatable bonds is 7. The SMILES string of the molecule is COc1cnc(N=CN=C(C)N)c2[nH]cc(C(=O)C(=O)N3CCC(=C(c4ccccc4)c4cc(F)cc(F)c4)CC3)c12. The third kappa shape index (κ3) is 5.80. The van der Waals surface area contributed by atoms with Gasteiger partial charge in [0.25, 0.3) is 11.7 Å². The van der Waals surface area contributed by atoms with Crippen molar-refractivity contribution < 1.29 is 23.1 Å². The van der Waals surface area contributed by atoms with E-state index in [4.69, 9.17) is 10.5 Å². The van der Waals surface area contributed by atoms with Crippen LogP contribution >= 0.6 is 0 Å². The van der Waals surface area contributed by atoms with Gasteiger partial charge < -0.3 is 20.4 Å². The first-order chi connectivity index (χ1) is 20.3. The molecule has 1 aliphatic rings. The standard InChI is InChI=1S/C31H28F2N6O3/c1-18(34)37-17-38-30-28-27(25(42-2)16-36-30)24(15-35-28)29(40)31(41)39-10-8-20(9-11-39)26(19-6-4-3-5-7-19)21-12-22(32)14-23(33)13-21/h3-7,12-17,35H,8-11H2,1-2H3,(H2,34,36,37,38). The van der Waals surface area contributed by atoms with Gasteiger partial charge in [-0.25, -0.2) is 23.7 Å². The van der Waals surface area contributed by atoms with Crippen LogP contribution < -0.4 is 10.5 Å². The van der Waals surface area contributed by atoms with Crippen LogP contribution in [0.25, 0.3) is 16.5 Å². The third-order valence-corrected chi connectivity index (χ3v) is 6.98. The maximum atomic E-state index is 14.2. The van der Waals surface area contributed by atoms with Crippen LogP contribution in [0, 0.1) is 11.6 Å². The number of H-pyrrole nitrogens is 1. The number of likely N-dealkylation sites (tertiary alicyclic amines) is 1. The highest BCUT2D eigenvalue weighted by atomic mass is 19.1. The summed E-state index contributed by atoms with van der Waals surface area (Å²) in [5.41, 5.74) is 9.00. The molecule has 0 spiro atoms. The largest absolute Gasteiger partial charge is 0.494 e. The van der Waals surface area contributed by atoms with E-state index in [0.29, 0.717) is 40.9 Å². The van der Waals surface area contributed by atoms with E-state index in [9.17, 15) is 18.4 Å². The summed E-state index contributed by atoms with van der Waals surface area (Å²) in [4.78, 5) is 43.7. The smallest absolute Gasteiger partial charge is 0.295 e. The Morgan fingerprint density at radius 2 is 1.76 bits per heavy atom. The van der Waals surface area contributed by atoms with E-state index in [2.05, 4.69) is 20.0 Å². The van der Waals surface area contributed by atoms with Crippen molar-refractivity contribution in [2.45, 2.75) is 19.8 Å². The monoisotopic (exact) mass is 570 g/mol. The Hall–Kier alpha value is -5.19. The molecule has 1 aliphatic heterocycles. The van der Waals surface area contributed by atoms with Crippen LogP contribution in [0.15, 0.2) is 76.5 Å². The molecule has 3 heterocycles. The molecule has 1 amide bonds. The number of methoxy groups -OCH3 is 1. The zero-order valence-corrected chi connectivity index (χ0v) is 23.0. The number of fused-ring (bicyclic) bond motifs is 1. The first kappa shape index (κ1) is 28.3. The average molecular weight is 571 g/mol. The van der Waals surface area contributed by atoms with Gasteiger partial charge in [0.2, 0.25) is 0 Å². The van der Waals surface area contributed by atoms with E-state index >= 15 is 0 Å². The number of ether oxygens (including phenoxy) is 1. The Balaban J connectivity index is 1.42. The molecule has 3 N–H and O–H groups in total. The summed E-state index contributed by atoms with van der Waals surface area (Å²) in [5.74, 6) is -1.85. The number of amides is 1. The molecule has 5 rings (SSSR count). The fourth-order valence-corrected chi connectivity index (χ4v) is 5.08. The Morgan fingerprint density at radius 1 is 1.07 bits per heavy atom. The topological polar surface area (TPSA) is 126 Å². The summed E-state index contributed by atoms with van der Waals surface area (Å²) in [5, 5.41) is 0.378. The number of pyridine rings is 1. The second-order valence-corrected chi connectivity index (χ2v) is 9.74. The van der Waals surface area contributed by atoms with E-state index in [-0.39, 0.29) is 24.5 Å². The highest BCUT2D eigenvalue weighted by Crippen LogP contribution is 2.35. The Kier molecular flexibility index (Phi) is 8.19. The second kappa shape index (κ2) is 12.1. The van der Waals surface area contributed by atoms with Gasteiger partial charge in [-0.1, -0.05) is 35.9 Å². The third-order valence-electron chi connectivity index (χ3n) is 6.98. The van der Waals surface area contributed by atoms with Crippen LogP contribution in [0.1, 0.15) is 41.3 Å². The number of ketones is 1. The maximum absolute atomic E-state index is 14.2. The number of aliphatic imine (C=N–C) groups is 2. The van der Waals surface area contributed by atoms with Crippen molar-refractivity contribution in [3.8, 4) is 5.75 Å². The fourth-order valence-electron chi connectivity index (χ4n) is 5.08. The van der Waals surface area contributed by atoms with Crippen molar-refractivity contribution in [2.24, 2.45) is 15.7 Å². The molecule has 42 heavy (non-hydrogen) atoms. The van der Waals surface area contributed by atoms with E-state index in [1.165, 1.54) is 42.9 Å². The predicted molar refractivity (Wildman–Crippen MR) is 157 cm³/mol. The second-order valence-electron chi connectivity index (χ2n) is 9.74. The van der Waals surface area contributed by atoms with Crippen LogP contribution in [0.4, 0.5) is 14.6 Å². The molecular formula is C31H28F2N6O3. The number of benzene rings is 2. The van der Waals surface area contributed by atoms with Gasteiger partial charge in [-0.15, -0.1) is 0 Å². The molecule has 0 aliphatic carbocycles. The van der Waals surface area contributed by atoms with E-state index < -0.39 is 23.3 Å². The van der Waals surface area contributed by atoms with Crippen LogP contribution in [0.3, 0.4) is 0 Å². The van der Waals surface area contributed by atoms with Gasteiger partial charge in [-0.3, -0.25) is 9.59 Å². The molecule has 2 aromatic heterocycles. The van der Waals surface area contributed by atoms with Crippen LogP contribution in [0.5, 0.6) is 5.75 Å². The first-order valence-electron chi connectivity index (χ1n) is 13.2. The number of nitrogens with one attached hydrogen (secondary N) is 1. The quantitative estimate of drug-likeness (QED) is 0.137. The molecule has 11 heteroatoms. The number of hydrogen-bond acceptors (Lipinski definition) is 5. The summed E-state index contributed by atoms with van der Waals surface area (Å²) in [6, 6.07) is 12.8. The van der Waals surface area contributed by atoms with E-state index in [1.807, 2.05) is 30.3 Å². The van der Waals surface area contributed by atoms with Crippen molar-refractivity contribution >= 4 is 46.2 Å². The minimum atomic E-state index is -0.709. The number of aromatic amines is 1. The zero-order chi connectivity index (χ0) is 29.8. The molecule has 1 saturated heterocycles. The Morgan fingerprint density at radius 3 is 2.40 bits per heavy atom. The fraction of sp³-hybridized carbons (Fsp3) is 0.194. The molecule has 9 nitrogen and oxygen atoms in total. The predicted octanol–water partition coefficient (Wildman–Crippen LogP) is 5.19. The lowest BCUT2D eigenvalue weighted by Crippen LogP contribution is -2.40. The highest BCUT2D eigenvalue weighted by molar-refractivity contribution is 6.45. The van der Waals surface area contributed by atoms with Gasteiger partial charge in [0.15, 0.2) is 5.82 Å². The van der Waals surface area contributed by atoms with Gasteiger partial charge in [-0.05, 0) is 48.6 Å². The Labute approximate surface area is 240 Å². The highest BCUT2D eigenvalue weighted by Gasteiger charge is 2.30. The van der Waals surface area contributed by atoms with Gasteiger partial charge in [-0.2, -0.15) is 0 Å². The van der Waals surface area contributed by atoms with Crippen LogP contribution in [0.2, 0.25) is 0 Å².